The topological polar surface area (TPSA) is 38.7 Å². The van der Waals surface area contributed by atoms with Crippen LogP contribution in [0, 0.1) is 6.92 Å². The van der Waals surface area contributed by atoms with Gasteiger partial charge in [0.1, 0.15) is 6.33 Å². The van der Waals surface area contributed by atoms with Crippen molar-refractivity contribution < 1.29 is 0 Å². The van der Waals surface area contributed by atoms with E-state index in [1.165, 1.54) is 5.56 Å². The minimum Gasteiger partial charge on any atom is -0.265 e. The molecule has 0 fully saturated rings. The summed E-state index contributed by atoms with van der Waals surface area (Å²) in [6.07, 6.45) is 5.21. The van der Waals surface area contributed by atoms with E-state index in [0.717, 1.165) is 16.5 Å². The Morgan fingerprint density at radius 3 is 2.73 bits per heavy atom. The molecule has 15 heavy (non-hydrogen) atoms. The summed E-state index contributed by atoms with van der Waals surface area (Å²) in [6.45, 7) is 1.97. The molecule has 2 rings (SSSR count). The third kappa shape index (κ3) is 3.02. The first kappa shape index (κ1) is 10.1. The summed E-state index contributed by atoms with van der Waals surface area (Å²) in [6, 6.07) is 6.02. The second kappa shape index (κ2) is 4.89. The van der Waals surface area contributed by atoms with Crippen molar-refractivity contribution in [2.75, 3.05) is 0 Å². The number of nitrogens with zero attached hydrogens (tertiary/aromatic N) is 3. The number of rotatable bonds is 3. The molecule has 0 unspecified atom stereocenters. The summed E-state index contributed by atoms with van der Waals surface area (Å²) in [5.41, 5.74) is 2.26. The van der Waals surface area contributed by atoms with Gasteiger partial charge in [0.25, 0.3) is 0 Å². The molecule has 0 aliphatic carbocycles. The van der Waals surface area contributed by atoms with Gasteiger partial charge in [-0.25, -0.2) is 9.97 Å². The molecule has 0 saturated heterocycles. The second-order valence-corrected chi connectivity index (χ2v) is 4.14. The van der Waals surface area contributed by atoms with E-state index in [1.54, 1.807) is 30.5 Å². The van der Waals surface area contributed by atoms with Crippen molar-refractivity contribution in [3.63, 3.8) is 0 Å². The van der Waals surface area contributed by atoms with Crippen LogP contribution in [0.1, 0.15) is 11.3 Å². The third-order valence-corrected chi connectivity index (χ3v) is 2.91. The molecule has 0 atom stereocenters. The minimum atomic E-state index is 0.916. The molecular formula is C11H11N3S. The van der Waals surface area contributed by atoms with Crippen LogP contribution in [0.3, 0.4) is 0 Å². The molecule has 0 aromatic carbocycles. The molecule has 2 aromatic rings. The molecule has 2 heterocycles. The van der Waals surface area contributed by atoms with E-state index < -0.39 is 0 Å². The molecule has 4 heteroatoms. The summed E-state index contributed by atoms with van der Waals surface area (Å²) < 4.78 is 0. The lowest BCUT2D eigenvalue weighted by Crippen LogP contribution is -1.87. The zero-order chi connectivity index (χ0) is 10.5. The normalized spacial score (nSPS) is 10.2. The van der Waals surface area contributed by atoms with Gasteiger partial charge in [-0.1, -0.05) is 0 Å². The number of hydrogen-bond acceptors (Lipinski definition) is 4. The Morgan fingerprint density at radius 1 is 1.20 bits per heavy atom. The average molecular weight is 217 g/mol. The van der Waals surface area contributed by atoms with Gasteiger partial charge in [-0.05, 0) is 30.7 Å². The van der Waals surface area contributed by atoms with Crippen molar-refractivity contribution in [2.24, 2.45) is 0 Å². The largest absolute Gasteiger partial charge is 0.265 e. The van der Waals surface area contributed by atoms with Gasteiger partial charge in [0.05, 0.1) is 5.03 Å². The summed E-state index contributed by atoms with van der Waals surface area (Å²) in [5.74, 6) is 0.916. The standard InChI is InChI=1S/C11H11N3S/c1-9-6-11(14-8-13-9)15-7-10-2-4-12-5-3-10/h2-6,8H,7H2,1H3. The lowest BCUT2D eigenvalue weighted by atomic mass is 10.3. The summed E-state index contributed by atoms with van der Waals surface area (Å²) in [5, 5.41) is 1.01. The van der Waals surface area contributed by atoms with Crippen molar-refractivity contribution in [2.45, 2.75) is 17.7 Å². The molecule has 0 radical (unpaired) electrons. The zero-order valence-corrected chi connectivity index (χ0v) is 9.24. The predicted octanol–water partition coefficient (Wildman–Crippen LogP) is 2.47. The maximum atomic E-state index is 4.19. The molecule has 2 aromatic heterocycles. The van der Waals surface area contributed by atoms with Gasteiger partial charge in [0, 0.05) is 23.8 Å². The van der Waals surface area contributed by atoms with Crippen LogP contribution in [0.2, 0.25) is 0 Å². The Kier molecular flexibility index (Phi) is 3.29. The molecule has 3 nitrogen and oxygen atoms in total. The van der Waals surface area contributed by atoms with Crippen molar-refractivity contribution >= 4 is 11.8 Å². The Balaban J connectivity index is 1.99. The van der Waals surface area contributed by atoms with E-state index in [0.29, 0.717) is 0 Å². The fourth-order valence-electron chi connectivity index (χ4n) is 1.15. The van der Waals surface area contributed by atoms with Gasteiger partial charge >= 0.3 is 0 Å². The Hall–Kier alpha value is -1.42. The molecule has 0 aliphatic rings. The fraction of sp³-hybridized carbons (Fsp3) is 0.182. The highest BCUT2D eigenvalue weighted by molar-refractivity contribution is 7.98. The molecule has 76 valence electrons. The average Bonchev–Trinajstić information content (AvgIpc) is 2.28. The molecule has 0 spiro atoms. The SMILES string of the molecule is Cc1cc(SCc2ccncc2)ncn1. The fourth-order valence-corrected chi connectivity index (χ4v) is 2.03. The lowest BCUT2D eigenvalue weighted by molar-refractivity contribution is 1.01. The number of hydrogen-bond donors (Lipinski definition) is 0. The Morgan fingerprint density at radius 2 is 2.00 bits per heavy atom. The van der Waals surface area contributed by atoms with Crippen LogP contribution < -0.4 is 0 Å². The number of thioether (sulfide) groups is 1. The quantitative estimate of drug-likeness (QED) is 0.585. The van der Waals surface area contributed by atoms with Crippen molar-refractivity contribution in [3.05, 3.63) is 48.2 Å². The number of aromatic nitrogens is 3. The van der Waals surface area contributed by atoms with Crippen LogP contribution in [0.25, 0.3) is 0 Å². The maximum Gasteiger partial charge on any atom is 0.116 e. The number of aryl methyl sites for hydroxylation is 1. The molecule has 0 aliphatic heterocycles. The van der Waals surface area contributed by atoms with Crippen LogP contribution in [0.15, 0.2) is 41.9 Å². The van der Waals surface area contributed by atoms with Crippen LogP contribution in [0.4, 0.5) is 0 Å². The van der Waals surface area contributed by atoms with E-state index in [-0.39, 0.29) is 0 Å². The summed E-state index contributed by atoms with van der Waals surface area (Å²) in [7, 11) is 0. The monoisotopic (exact) mass is 217 g/mol. The molecule has 0 amide bonds. The van der Waals surface area contributed by atoms with E-state index in [1.807, 2.05) is 25.1 Å². The first-order valence-electron chi connectivity index (χ1n) is 4.65. The van der Waals surface area contributed by atoms with Gasteiger partial charge in [-0.15, -0.1) is 11.8 Å². The Bertz CT molecular complexity index is 431. The van der Waals surface area contributed by atoms with E-state index >= 15 is 0 Å². The van der Waals surface area contributed by atoms with Crippen molar-refractivity contribution in [3.8, 4) is 0 Å². The molecular weight excluding hydrogens is 206 g/mol. The van der Waals surface area contributed by atoms with Gasteiger partial charge in [0.15, 0.2) is 0 Å². The highest BCUT2D eigenvalue weighted by Gasteiger charge is 1.97. The van der Waals surface area contributed by atoms with Gasteiger partial charge in [-0.3, -0.25) is 4.98 Å². The van der Waals surface area contributed by atoms with Gasteiger partial charge < -0.3 is 0 Å². The molecule has 0 saturated carbocycles. The summed E-state index contributed by atoms with van der Waals surface area (Å²) in [4.78, 5) is 12.2. The zero-order valence-electron chi connectivity index (χ0n) is 8.42. The van der Waals surface area contributed by atoms with Crippen LogP contribution in [-0.4, -0.2) is 15.0 Å². The first-order valence-corrected chi connectivity index (χ1v) is 5.63. The smallest absolute Gasteiger partial charge is 0.116 e. The lowest BCUT2D eigenvalue weighted by Gasteiger charge is -2.00. The predicted molar refractivity (Wildman–Crippen MR) is 60.6 cm³/mol. The summed E-state index contributed by atoms with van der Waals surface area (Å²) >= 11 is 1.71. The van der Waals surface area contributed by atoms with Crippen LogP contribution >= 0.6 is 11.8 Å². The van der Waals surface area contributed by atoms with Crippen LogP contribution in [-0.2, 0) is 5.75 Å². The molecule has 0 bridgehead atoms. The maximum absolute atomic E-state index is 4.19. The number of pyridine rings is 1. The highest BCUT2D eigenvalue weighted by Crippen LogP contribution is 2.19. The van der Waals surface area contributed by atoms with Gasteiger partial charge in [0.2, 0.25) is 0 Å². The second-order valence-electron chi connectivity index (χ2n) is 3.14. The first-order chi connectivity index (χ1) is 7.34. The van der Waals surface area contributed by atoms with E-state index in [9.17, 15) is 0 Å². The van der Waals surface area contributed by atoms with E-state index in [2.05, 4.69) is 15.0 Å². The van der Waals surface area contributed by atoms with Crippen LogP contribution in [0.5, 0.6) is 0 Å². The van der Waals surface area contributed by atoms with E-state index in [4.69, 9.17) is 0 Å². The van der Waals surface area contributed by atoms with Crippen molar-refractivity contribution in [1.82, 2.24) is 15.0 Å². The Labute approximate surface area is 93.0 Å². The van der Waals surface area contributed by atoms with Crippen molar-refractivity contribution in [1.29, 1.82) is 0 Å². The minimum absolute atomic E-state index is 0.916. The molecule has 0 N–H and O–H groups in total. The highest BCUT2D eigenvalue weighted by atomic mass is 32.2. The third-order valence-electron chi connectivity index (χ3n) is 1.91. The van der Waals surface area contributed by atoms with Gasteiger partial charge in [-0.2, -0.15) is 0 Å².